The van der Waals surface area contributed by atoms with Crippen molar-refractivity contribution in [3.63, 3.8) is 0 Å². The lowest BCUT2D eigenvalue weighted by Gasteiger charge is -2.32. The molecule has 0 aliphatic carbocycles. The zero-order chi connectivity index (χ0) is 13.7. The van der Waals surface area contributed by atoms with Gasteiger partial charge in [-0.3, -0.25) is 9.69 Å². The maximum Gasteiger partial charge on any atom is 0.236 e. The van der Waals surface area contributed by atoms with Crippen LogP contribution in [0.2, 0.25) is 0 Å². The van der Waals surface area contributed by atoms with E-state index in [1.54, 1.807) is 16.2 Å². The Kier molecular flexibility index (Phi) is 4.91. The van der Waals surface area contributed by atoms with Gasteiger partial charge in [0.15, 0.2) is 0 Å². The number of piperazine rings is 1. The fourth-order valence-electron chi connectivity index (χ4n) is 2.08. The molecule has 1 N–H and O–H groups in total. The second kappa shape index (κ2) is 6.66. The van der Waals surface area contributed by atoms with Crippen LogP contribution in [-0.2, 0) is 11.3 Å². The maximum atomic E-state index is 12.2. The fraction of sp³-hybridized carbons (Fsp3) is 0.538. The van der Waals surface area contributed by atoms with Crippen molar-refractivity contribution >= 4 is 17.2 Å². The van der Waals surface area contributed by atoms with Gasteiger partial charge in [0.2, 0.25) is 5.91 Å². The van der Waals surface area contributed by atoms with Crippen LogP contribution >= 0.6 is 11.3 Å². The number of nitrogens with one attached hydrogen (secondary N) is 1. The summed E-state index contributed by atoms with van der Waals surface area (Å²) < 4.78 is 0. The normalized spacial score (nSPS) is 19.9. The Labute approximate surface area is 117 Å². The molecule has 1 unspecified atom stereocenters. The molecule has 5 nitrogen and oxygen atoms in total. The van der Waals surface area contributed by atoms with Gasteiger partial charge in [0, 0.05) is 31.6 Å². The minimum absolute atomic E-state index is 0.0653. The number of hydrogen-bond acceptors (Lipinski definition) is 5. The summed E-state index contributed by atoms with van der Waals surface area (Å²) in [6.45, 7) is 3.18. The molecule has 1 amide bonds. The molecule has 6 heteroatoms. The summed E-state index contributed by atoms with van der Waals surface area (Å²) in [5, 5.41) is 14.2. The van der Waals surface area contributed by atoms with Crippen LogP contribution in [0.5, 0.6) is 0 Å². The Morgan fingerprint density at radius 1 is 1.74 bits per heavy atom. The predicted octanol–water partition coefficient (Wildman–Crippen LogP) is 0.504. The highest BCUT2D eigenvalue weighted by Crippen LogP contribution is 2.11. The Hall–Kier alpha value is -1.42. The number of thiophene rings is 1. The lowest BCUT2D eigenvalue weighted by atomic mass is 10.2. The topological polar surface area (TPSA) is 59.4 Å². The molecule has 19 heavy (non-hydrogen) atoms. The minimum Gasteiger partial charge on any atom is -0.340 e. The molecule has 2 heterocycles. The predicted molar refractivity (Wildman–Crippen MR) is 74.6 cm³/mol. The average Bonchev–Trinajstić information content (AvgIpc) is 2.92. The summed E-state index contributed by atoms with van der Waals surface area (Å²) in [6, 6.07) is 6.05. The molecular weight excluding hydrogens is 260 g/mol. The molecule has 102 valence electrons. The van der Waals surface area contributed by atoms with E-state index in [1.807, 2.05) is 29.5 Å². The summed E-state index contributed by atoms with van der Waals surface area (Å²) >= 11 is 1.65. The molecule has 1 aliphatic heterocycles. The zero-order valence-electron chi connectivity index (χ0n) is 11.0. The van der Waals surface area contributed by atoms with Crippen molar-refractivity contribution in [2.75, 3.05) is 33.2 Å². The van der Waals surface area contributed by atoms with Gasteiger partial charge in [0.05, 0.1) is 19.2 Å². The molecule has 0 spiro atoms. The van der Waals surface area contributed by atoms with Crippen molar-refractivity contribution in [1.29, 1.82) is 5.26 Å². The van der Waals surface area contributed by atoms with Crippen LogP contribution in [0.1, 0.15) is 4.88 Å². The van der Waals surface area contributed by atoms with Crippen LogP contribution in [0.4, 0.5) is 0 Å². The number of nitrogens with zero attached hydrogens (tertiary/aromatic N) is 3. The number of likely N-dealkylation sites (N-methyl/N-ethyl adjacent to an activating group) is 1. The first kappa shape index (κ1) is 14.0. The van der Waals surface area contributed by atoms with E-state index >= 15 is 0 Å². The van der Waals surface area contributed by atoms with Gasteiger partial charge in [-0.1, -0.05) is 6.07 Å². The third-order valence-corrected chi connectivity index (χ3v) is 4.10. The van der Waals surface area contributed by atoms with Crippen LogP contribution in [0.25, 0.3) is 0 Å². The van der Waals surface area contributed by atoms with Crippen LogP contribution in [0, 0.1) is 11.3 Å². The number of nitriles is 1. The summed E-state index contributed by atoms with van der Waals surface area (Å²) in [6.07, 6.45) is 0. The molecule has 1 aromatic heterocycles. The summed E-state index contributed by atoms with van der Waals surface area (Å²) in [4.78, 5) is 17.0. The number of carbonyl (C=O) groups is 1. The van der Waals surface area contributed by atoms with Crippen LogP contribution < -0.4 is 5.32 Å². The monoisotopic (exact) mass is 278 g/mol. The smallest absolute Gasteiger partial charge is 0.236 e. The number of carbonyl (C=O) groups excluding carboxylic acids is 1. The van der Waals surface area contributed by atoms with Gasteiger partial charge in [0.25, 0.3) is 0 Å². The van der Waals surface area contributed by atoms with Gasteiger partial charge < -0.3 is 10.2 Å². The Morgan fingerprint density at radius 3 is 3.26 bits per heavy atom. The molecule has 0 bridgehead atoms. The SMILES string of the molecule is CN(Cc1cccs1)C(=O)CN1CCNCC1C#N. The van der Waals surface area contributed by atoms with Crippen molar-refractivity contribution in [3.8, 4) is 6.07 Å². The largest absolute Gasteiger partial charge is 0.340 e. The highest BCUT2D eigenvalue weighted by atomic mass is 32.1. The van der Waals surface area contributed by atoms with E-state index in [-0.39, 0.29) is 11.9 Å². The Morgan fingerprint density at radius 2 is 2.58 bits per heavy atom. The average molecular weight is 278 g/mol. The first-order chi connectivity index (χ1) is 9.20. The van der Waals surface area contributed by atoms with Crippen LogP contribution in [-0.4, -0.2) is 55.0 Å². The van der Waals surface area contributed by atoms with Crippen LogP contribution in [0.15, 0.2) is 17.5 Å². The third kappa shape index (κ3) is 3.77. The molecule has 1 saturated heterocycles. The van der Waals surface area contributed by atoms with Crippen LogP contribution in [0.3, 0.4) is 0 Å². The number of amides is 1. The second-order valence-corrected chi connectivity index (χ2v) is 5.68. The third-order valence-electron chi connectivity index (χ3n) is 3.24. The Bertz CT molecular complexity index is 454. The molecule has 1 aromatic rings. The second-order valence-electron chi connectivity index (χ2n) is 4.65. The number of hydrogen-bond donors (Lipinski definition) is 1. The molecule has 1 aliphatic rings. The van der Waals surface area contributed by atoms with Gasteiger partial charge in [-0.05, 0) is 11.4 Å². The lowest BCUT2D eigenvalue weighted by Crippen LogP contribution is -2.53. The van der Waals surface area contributed by atoms with E-state index in [9.17, 15) is 4.79 Å². The highest BCUT2D eigenvalue weighted by molar-refractivity contribution is 7.09. The number of rotatable bonds is 4. The molecule has 0 saturated carbocycles. The van der Waals surface area contributed by atoms with E-state index < -0.39 is 0 Å². The molecule has 0 aromatic carbocycles. The lowest BCUT2D eigenvalue weighted by molar-refractivity contribution is -0.132. The van der Waals surface area contributed by atoms with Gasteiger partial charge >= 0.3 is 0 Å². The van der Waals surface area contributed by atoms with E-state index in [1.165, 1.54) is 4.88 Å². The van der Waals surface area contributed by atoms with Crippen molar-refractivity contribution in [1.82, 2.24) is 15.1 Å². The van der Waals surface area contributed by atoms with Crippen molar-refractivity contribution in [2.45, 2.75) is 12.6 Å². The van der Waals surface area contributed by atoms with Gasteiger partial charge in [-0.25, -0.2) is 0 Å². The van der Waals surface area contributed by atoms with Crippen molar-refractivity contribution < 1.29 is 4.79 Å². The first-order valence-electron chi connectivity index (χ1n) is 6.31. The molecule has 1 atom stereocenters. The first-order valence-corrected chi connectivity index (χ1v) is 7.19. The van der Waals surface area contributed by atoms with Gasteiger partial charge in [-0.15, -0.1) is 11.3 Å². The zero-order valence-corrected chi connectivity index (χ0v) is 11.8. The van der Waals surface area contributed by atoms with Crippen molar-refractivity contribution in [2.24, 2.45) is 0 Å². The minimum atomic E-state index is -0.201. The molecular formula is C13H18N4OS. The maximum absolute atomic E-state index is 12.2. The quantitative estimate of drug-likeness (QED) is 0.871. The Balaban J connectivity index is 1.87. The standard InChI is InChI=1S/C13H18N4OS/c1-16(9-12-3-2-6-19-12)13(18)10-17-5-4-15-8-11(17)7-14/h2-3,6,11,15H,4-5,8-10H2,1H3. The summed E-state index contributed by atoms with van der Waals surface area (Å²) in [7, 11) is 1.81. The van der Waals surface area contributed by atoms with E-state index in [0.717, 1.165) is 13.1 Å². The van der Waals surface area contributed by atoms with E-state index in [4.69, 9.17) is 5.26 Å². The highest BCUT2D eigenvalue weighted by Gasteiger charge is 2.24. The fourth-order valence-corrected chi connectivity index (χ4v) is 2.84. The summed E-state index contributed by atoms with van der Waals surface area (Å²) in [5.74, 6) is 0.0653. The summed E-state index contributed by atoms with van der Waals surface area (Å²) in [5.41, 5.74) is 0. The van der Waals surface area contributed by atoms with Gasteiger partial charge in [0.1, 0.15) is 6.04 Å². The molecule has 2 rings (SSSR count). The van der Waals surface area contributed by atoms with E-state index in [0.29, 0.717) is 19.6 Å². The van der Waals surface area contributed by atoms with Crippen molar-refractivity contribution in [3.05, 3.63) is 22.4 Å². The van der Waals surface area contributed by atoms with E-state index in [2.05, 4.69) is 11.4 Å². The molecule has 0 radical (unpaired) electrons. The van der Waals surface area contributed by atoms with Gasteiger partial charge in [-0.2, -0.15) is 5.26 Å². The molecule has 1 fully saturated rings.